The van der Waals surface area contributed by atoms with Gasteiger partial charge in [-0.15, -0.1) is 0 Å². The Morgan fingerprint density at radius 3 is 3.00 bits per heavy atom. The lowest BCUT2D eigenvalue weighted by atomic mass is 10.4. The van der Waals surface area contributed by atoms with Gasteiger partial charge in [-0.05, 0) is 31.4 Å². The second-order valence-electron chi connectivity index (χ2n) is 3.42. The summed E-state index contributed by atoms with van der Waals surface area (Å²) in [5, 5.41) is 4.18. The first-order chi connectivity index (χ1) is 5.84. The first kappa shape index (κ1) is 8.14. The predicted octanol–water partition coefficient (Wildman–Crippen LogP) is 2.17. The van der Waals surface area contributed by atoms with Crippen molar-refractivity contribution >= 4 is 11.6 Å². The molecule has 0 atom stereocenters. The first-order valence-electron chi connectivity index (χ1n) is 4.38. The molecule has 1 saturated carbocycles. The molecule has 3 heteroatoms. The van der Waals surface area contributed by atoms with Gasteiger partial charge in [-0.3, -0.25) is 0 Å². The number of nitrogens with one attached hydrogen (secondary N) is 2. The summed E-state index contributed by atoms with van der Waals surface area (Å²) in [6.07, 6.45) is 4.62. The van der Waals surface area contributed by atoms with Gasteiger partial charge in [0.1, 0.15) is 0 Å². The van der Waals surface area contributed by atoms with Crippen molar-refractivity contribution in [3.8, 4) is 0 Å². The minimum atomic E-state index is 0.790. The second-order valence-corrected chi connectivity index (χ2v) is 3.85. The molecule has 12 heavy (non-hydrogen) atoms. The number of aromatic nitrogens is 1. The van der Waals surface area contributed by atoms with Crippen LogP contribution in [0.5, 0.6) is 0 Å². The molecule has 1 aromatic heterocycles. The highest BCUT2D eigenvalue weighted by atomic mass is 35.5. The average molecular weight is 185 g/mol. The molecule has 2 nitrogen and oxygen atoms in total. The first-order valence-corrected chi connectivity index (χ1v) is 4.76. The monoisotopic (exact) mass is 184 g/mol. The van der Waals surface area contributed by atoms with Crippen molar-refractivity contribution < 1.29 is 0 Å². The normalized spacial score (nSPS) is 16.8. The third kappa shape index (κ3) is 2.26. The molecule has 1 aromatic rings. The zero-order chi connectivity index (χ0) is 8.39. The van der Waals surface area contributed by atoms with E-state index in [9.17, 15) is 0 Å². The van der Waals surface area contributed by atoms with E-state index in [0.29, 0.717) is 0 Å². The Kier molecular flexibility index (Phi) is 2.38. The van der Waals surface area contributed by atoms with E-state index >= 15 is 0 Å². The third-order valence-corrected chi connectivity index (χ3v) is 2.37. The fraction of sp³-hybridized carbons (Fsp3) is 0.556. The molecule has 1 aliphatic carbocycles. The van der Waals surface area contributed by atoms with E-state index in [2.05, 4.69) is 10.3 Å². The van der Waals surface area contributed by atoms with Crippen LogP contribution in [-0.2, 0) is 6.54 Å². The molecule has 0 bridgehead atoms. The highest BCUT2D eigenvalue weighted by molar-refractivity contribution is 6.30. The van der Waals surface area contributed by atoms with E-state index in [0.717, 1.165) is 24.0 Å². The van der Waals surface area contributed by atoms with E-state index in [4.69, 9.17) is 11.6 Å². The molecule has 0 saturated heterocycles. The summed E-state index contributed by atoms with van der Waals surface area (Å²) in [5.74, 6) is 0.940. The Labute approximate surface area is 77.3 Å². The molecule has 2 rings (SSSR count). The van der Waals surface area contributed by atoms with Crippen LogP contribution in [0.15, 0.2) is 12.3 Å². The maximum atomic E-state index is 5.76. The van der Waals surface area contributed by atoms with Gasteiger partial charge in [-0.2, -0.15) is 0 Å². The van der Waals surface area contributed by atoms with Crippen LogP contribution in [0, 0.1) is 5.92 Å². The molecular formula is C9H13ClN2. The lowest BCUT2D eigenvalue weighted by Gasteiger charge is -1.99. The molecule has 0 radical (unpaired) electrons. The third-order valence-electron chi connectivity index (χ3n) is 2.15. The van der Waals surface area contributed by atoms with Crippen LogP contribution in [0.3, 0.4) is 0 Å². The summed E-state index contributed by atoms with van der Waals surface area (Å²) >= 11 is 5.76. The molecule has 1 heterocycles. The molecule has 0 amide bonds. The molecular weight excluding hydrogens is 172 g/mol. The van der Waals surface area contributed by atoms with Gasteiger partial charge in [0.15, 0.2) is 0 Å². The number of rotatable bonds is 4. The number of hydrogen-bond acceptors (Lipinski definition) is 1. The zero-order valence-corrected chi connectivity index (χ0v) is 7.69. The van der Waals surface area contributed by atoms with Crippen LogP contribution < -0.4 is 5.32 Å². The number of hydrogen-bond donors (Lipinski definition) is 2. The summed E-state index contributed by atoms with van der Waals surface area (Å²) in [4.78, 5) is 3.11. The van der Waals surface area contributed by atoms with Crippen molar-refractivity contribution in [2.24, 2.45) is 5.92 Å². The van der Waals surface area contributed by atoms with Crippen LogP contribution >= 0.6 is 11.6 Å². The Morgan fingerprint density at radius 2 is 2.42 bits per heavy atom. The maximum absolute atomic E-state index is 5.76. The van der Waals surface area contributed by atoms with E-state index < -0.39 is 0 Å². The smallest absolute Gasteiger partial charge is 0.0583 e. The van der Waals surface area contributed by atoms with Gasteiger partial charge in [0, 0.05) is 18.4 Å². The van der Waals surface area contributed by atoms with E-state index in [-0.39, 0.29) is 0 Å². The van der Waals surface area contributed by atoms with Crippen LogP contribution in [0.2, 0.25) is 5.02 Å². The van der Waals surface area contributed by atoms with E-state index in [1.165, 1.54) is 18.5 Å². The minimum Gasteiger partial charge on any atom is -0.363 e. The van der Waals surface area contributed by atoms with Gasteiger partial charge in [-0.1, -0.05) is 11.6 Å². The largest absolute Gasteiger partial charge is 0.363 e. The minimum absolute atomic E-state index is 0.790. The van der Waals surface area contributed by atoms with Gasteiger partial charge in [0.05, 0.1) is 5.02 Å². The van der Waals surface area contributed by atoms with Crippen LogP contribution in [-0.4, -0.2) is 11.5 Å². The van der Waals surface area contributed by atoms with Crippen LogP contribution in [0.1, 0.15) is 18.5 Å². The molecule has 0 unspecified atom stereocenters. The van der Waals surface area contributed by atoms with Crippen molar-refractivity contribution in [1.82, 2.24) is 10.3 Å². The van der Waals surface area contributed by atoms with Gasteiger partial charge >= 0.3 is 0 Å². The lowest BCUT2D eigenvalue weighted by Crippen LogP contribution is -2.16. The molecule has 0 aliphatic heterocycles. The molecule has 2 N–H and O–H groups in total. The molecule has 1 aliphatic rings. The number of halogens is 1. The Bertz CT molecular complexity index is 253. The Hall–Kier alpha value is -0.470. The second kappa shape index (κ2) is 3.50. The fourth-order valence-corrected chi connectivity index (χ4v) is 1.43. The summed E-state index contributed by atoms with van der Waals surface area (Å²) in [6.45, 7) is 2.06. The average Bonchev–Trinajstić information content (AvgIpc) is 2.76. The van der Waals surface area contributed by atoms with Gasteiger partial charge < -0.3 is 10.3 Å². The molecule has 0 spiro atoms. The number of H-pyrrole nitrogens is 1. The molecule has 1 fully saturated rings. The van der Waals surface area contributed by atoms with Crippen molar-refractivity contribution in [1.29, 1.82) is 0 Å². The van der Waals surface area contributed by atoms with E-state index in [1.54, 1.807) is 0 Å². The highest BCUT2D eigenvalue weighted by Crippen LogP contribution is 2.27. The number of aromatic amines is 1. The Balaban J connectivity index is 1.71. The summed E-state index contributed by atoms with van der Waals surface area (Å²) in [6, 6.07) is 1.96. The van der Waals surface area contributed by atoms with Crippen molar-refractivity contribution in [2.45, 2.75) is 19.4 Å². The quantitative estimate of drug-likeness (QED) is 0.738. The molecule has 0 aromatic carbocycles. The summed E-state index contributed by atoms with van der Waals surface area (Å²) < 4.78 is 0. The van der Waals surface area contributed by atoms with Crippen LogP contribution in [0.25, 0.3) is 0 Å². The van der Waals surface area contributed by atoms with Crippen molar-refractivity contribution in [3.63, 3.8) is 0 Å². The fourth-order valence-electron chi connectivity index (χ4n) is 1.25. The van der Waals surface area contributed by atoms with E-state index in [1.807, 2.05) is 12.3 Å². The molecule has 66 valence electrons. The van der Waals surface area contributed by atoms with Gasteiger partial charge in [-0.25, -0.2) is 0 Å². The summed E-state index contributed by atoms with van der Waals surface area (Å²) in [7, 11) is 0. The zero-order valence-electron chi connectivity index (χ0n) is 6.94. The SMILES string of the molecule is Clc1c[nH]c(CNCC2CC2)c1. The van der Waals surface area contributed by atoms with Gasteiger partial charge in [0.25, 0.3) is 0 Å². The summed E-state index contributed by atoms with van der Waals surface area (Å²) in [5.41, 5.74) is 1.17. The topological polar surface area (TPSA) is 27.8 Å². The lowest BCUT2D eigenvalue weighted by molar-refractivity contribution is 0.632. The standard InChI is InChI=1S/C9H13ClN2/c10-8-3-9(12-5-8)6-11-4-7-1-2-7/h3,5,7,11-12H,1-2,4,6H2. The maximum Gasteiger partial charge on any atom is 0.0583 e. The highest BCUT2D eigenvalue weighted by Gasteiger charge is 2.20. The Morgan fingerprint density at radius 1 is 1.58 bits per heavy atom. The van der Waals surface area contributed by atoms with Gasteiger partial charge in [0.2, 0.25) is 0 Å². The van der Waals surface area contributed by atoms with Crippen LogP contribution in [0.4, 0.5) is 0 Å². The predicted molar refractivity (Wildman–Crippen MR) is 50.2 cm³/mol. The van der Waals surface area contributed by atoms with Crippen molar-refractivity contribution in [2.75, 3.05) is 6.54 Å². The van der Waals surface area contributed by atoms with Crippen molar-refractivity contribution in [3.05, 3.63) is 23.0 Å².